The van der Waals surface area contributed by atoms with Crippen LogP contribution in [0.2, 0.25) is 0 Å². The van der Waals surface area contributed by atoms with E-state index in [2.05, 4.69) is 11.9 Å². The standard InChI is InChI=1S/C20H22N2O5S/c1-4-14-22(28(3,25)26)18-12-8-15(9-13-18)19(23)21-17-10-6-16(7-11-17)20(24)27-5-2/h4,6-13H,1,5,14H2,2-3H3,(H,21,23). The number of ether oxygens (including phenoxy) is 1. The number of carbonyl (C=O) groups excluding carboxylic acids is 2. The van der Waals surface area contributed by atoms with Crippen molar-refractivity contribution in [3.8, 4) is 0 Å². The van der Waals surface area contributed by atoms with Gasteiger partial charge in [0.1, 0.15) is 0 Å². The Morgan fingerprint density at radius 3 is 2.14 bits per heavy atom. The number of amides is 1. The first-order valence-electron chi connectivity index (χ1n) is 8.53. The number of benzene rings is 2. The lowest BCUT2D eigenvalue weighted by Gasteiger charge is -2.20. The molecule has 0 atom stereocenters. The topological polar surface area (TPSA) is 92.8 Å². The van der Waals surface area contributed by atoms with E-state index in [1.807, 2.05) is 0 Å². The zero-order chi connectivity index (χ0) is 20.7. The summed E-state index contributed by atoms with van der Waals surface area (Å²) in [4.78, 5) is 24.0. The minimum absolute atomic E-state index is 0.136. The highest BCUT2D eigenvalue weighted by Gasteiger charge is 2.16. The van der Waals surface area contributed by atoms with Crippen LogP contribution in [0.3, 0.4) is 0 Å². The van der Waals surface area contributed by atoms with Crippen LogP contribution in [0.4, 0.5) is 11.4 Å². The summed E-state index contributed by atoms with van der Waals surface area (Å²) in [7, 11) is -3.45. The first kappa shape index (κ1) is 21.2. The largest absolute Gasteiger partial charge is 0.462 e. The predicted molar refractivity (Wildman–Crippen MR) is 109 cm³/mol. The number of nitrogens with one attached hydrogen (secondary N) is 1. The minimum atomic E-state index is -3.45. The van der Waals surface area contributed by atoms with E-state index in [1.165, 1.54) is 10.4 Å². The molecule has 8 heteroatoms. The summed E-state index contributed by atoms with van der Waals surface area (Å²) in [6.45, 7) is 5.71. The van der Waals surface area contributed by atoms with Crippen LogP contribution in [-0.2, 0) is 14.8 Å². The molecule has 0 saturated heterocycles. The Kier molecular flexibility index (Phi) is 6.94. The van der Waals surface area contributed by atoms with E-state index in [9.17, 15) is 18.0 Å². The van der Waals surface area contributed by atoms with E-state index in [0.717, 1.165) is 6.26 Å². The fourth-order valence-electron chi connectivity index (χ4n) is 2.44. The molecule has 2 aromatic rings. The zero-order valence-electron chi connectivity index (χ0n) is 15.7. The Bertz CT molecular complexity index is 951. The molecule has 148 valence electrons. The number of rotatable bonds is 8. The summed E-state index contributed by atoms with van der Waals surface area (Å²) < 4.78 is 29.8. The van der Waals surface area contributed by atoms with Crippen molar-refractivity contribution in [2.24, 2.45) is 0 Å². The van der Waals surface area contributed by atoms with Crippen molar-refractivity contribution in [3.05, 3.63) is 72.3 Å². The third-order valence-electron chi connectivity index (χ3n) is 3.77. The van der Waals surface area contributed by atoms with E-state index in [-0.39, 0.29) is 19.1 Å². The van der Waals surface area contributed by atoms with Gasteiger partial charge in [-0.2, -0.15) is 0 Å². The second kappa shape index (κ2) is 9.18. The summed E-state index contributed by atoms with van der Waals surface area (Å²) in [6.07, 6.45) is 2.60. The first-order valence-corrected chi connectivity index (χ1v) is 10.4. The highest BCUT2D eigenvalue weighted by atomic mass is 32.2. The van der Waals surface area contributed by atoms with Gasteiger partial charge in [0, 0.05) is 11.3 Å². The molecule has 1 N–H and O–H groups in total. The van der Waals surface area contributed by atoms with Gasteiger partial charge in [0.05, 0.1) is 30.7 Å². The van der Waals surface area contributed by atoms with E-state index >= 15 is 0 Å². The highest BCUT2D eigenvalue weighted by Crippen LogP contribution is 2.19. The minimum Gasteiger partial charge on any atom is -0.462 e. The summed E-state index contributed by atoms with van der Waals surface area (Å²) in [6, 6.07) is 12.5. The molecule has 0 aliphatic carbocycles. The number of sulfonamides is 1. The molecular weight excluding hydrogens is 380 g/mol. The molecule has 0 aromatic heterocycles. The third-order valence-corrected chi connectivity index (χ3v) is 4.93. The quantitative estimate of drug-likeness (QED) is 0.541. The summed E-state index contributed by atoms with van der Waals surface area (Å²) in [5.74, 6) is -0.781. The summed E-state index contributed by atoms with van der Waals surface area (Å²) in [5, 5.41) is 2.72. The first-order chi connectivity index (χ1) is 13.3. The van der Waals surface area contributed by atoms with Gasteiger partial charge in [-0.1, -0.05) is 6.08 Å². The molecule has 0 fully saturated rings. The molecule has 0 aliphatic heterocycles. The average Bonchev–Trinajstić information content (AvgIpc) is 2.66. The second-order valence-corrected chi connectivity index (χ2v) is 7.79. The number of hydrogen-bond donors (Lipinski definition) is 1. The van der Waals surface area contributed by atoms with Crippen molar-refractivity contribution in [1.29, 1.82) is 0 Å². The summed E-state index contributed by atoms with van der Waals surface area (Å²) >= 11 is 0. The van der Waals surface area contributed by atoms with Crippen molar-refractivity contribution in [1.82, 2.24) is 0 Å². The van der Waals surface area contributed by atoms with E-state index in [4.69, 9.17) is 4.74 Å². The number of anilines is 2. The number of carbonyl (C=O) groups is 2. The average molecular weight is 402 g/mol. The van der Waals surface area contributed by atoms with Crippen molar-refractivity contribution in [2.45, 2.75) is 6.92 Å². The number of esters is 1. The van der Waals surface area contributed by atoms with Gasteiger partial charge in [0.25, 0.3) is 5.91 Å². The van der Waals surface area contributed by atoms with Crippen LogP contribution in [0.1, 0.15) is 27.6 Å². The molecule has 0 aliphatic rings. The number of hydrogen-bond acceptors (Lipinski definition) is 5. The number of nitrogens with zero attached hydrogens (tertiary/aromatic N) is 1. The van der Waals surface area contributed by atoms with E-state index in [0.29, 0.717) is 22.5 Å². The van der Waals surface area contributed by atoms with Gasteiger partial charge in [-0.3, -0.25) is 9.10 Å². The molecule has 2 rings (SSSR count). The monoisotopic (exact) mass is 402 g/mol. The lowest BCUT2D eigenvalue weighted by atomic mass is 10.1. The normalized spacial score (nSPS) is 10.8. The Labute approximate surface area is 164 Å². The third kappa shape index (κ3) is 5.43. The lowest BCUT2D eigenvalue weighted by molar-refractivity contribution is 0.0526. The van der Waals surface area contributed by atoms with Crippen molar-refractivity contribution in [3.63, 3.8) is 0 Å². The molecule has 0 radical (unpaired) electrons. The highest BCUT2D eigenvalue weighted by molar-refractivity contribution is 7.92. The summed E-state index contributed by atoms with van der Waals surface area (Å²) in [5.41, 5.74) is 1.72. The van der Waals surface area contributed by atoms with Crippen LogP contribution in [0.5, 0.6) is 0 Å². The fourth-order valence-corrected chi connectivity index (χ4v) is 3.32. The van der Waals surface area contributed by atoms with Crippen LogP contribution >= 0.6 is 0 Å². The maximum Gasteiger partial charge on any atom is 0.338 e. The molecule has 0 unspecified atom stereocenters. The molecule has 2 aromatic carbocycles. The van der Waals surface area contributed by atoms with Crippen LogP contribution < -0.4 is 9.62 Å². The van der Waals surface area contributed by atoms with Crippen LogP contribution in [-0.4, -0.2) is 39.7 Å². The lowest BCUT2D eigenvalue weighted by Crippen LogP contribution is -2.29. The predicted octanol–water partition coefficient (Wildman–Crippen LogP) is 3.07. The van der Waals surface area contributed by atoms with E-state index in [1.54, 1.807) is 55.5 Å². The molecule has 0 heterocycles. The van der Waals surface area contributed by atoms with Crippen LogP contribution in [0, 0.1) is 0 Å². The van der Waals surface area contributed by atoms with Gasteiger partial charge in [-0.15, -0.1) is 6.58 Å². The Morgan fingerprint density at radius 2 is 1.64 bits per heavy atom. The molecular formula is C20H22N2O5S. The SMILES string of the molecule is C=CCN(c1ccc(C(=O)Nc2ccc(C(=O)OCC)cc2)cc1)S(C)(=O)=O. The van der Waals surface area contributed by atoms with Crippen molar-refractivity contribution >= 4 is 33.3 Å². The van der Waals surface area contributed by atoms with Crippen molar-refractivity contribution in [2.75, 3.05) is 29.0 Å². The molecule has 28 heavy (non-hydrogen) atoms. The molecule has 7 nitrogen and oxygen atoms in total. The maximum absolute atomic E-state index is 12.4. The molecule has 0 saturated carbocycles. The maximum atomic E-state index is 12.4. The van der Waals surface area contributed by atoms with Gasteiger partial charge in [0.2, 0.25) is 10.0 Å². The molecule has 1 amide bonds. The van der Waals surface area contributed by atoms with Gasteiger partial charge in [-0.25, -0.2) is 13.2 Å². The molecule has 0 bridgehead atoms. The van der Waals surface area contributed by atoms with Gasteiger partial charge in [-0.05, 0) is 55.5 Å². The second-order valence-electron chi connectivity index (χ2n) is 5.88. The van der Waals surface area contributed by atoms with Crippen LogP contribution in [0.25, 0.3) is 0 Å². The van der Waals surface area contributed by atoms with E-state index < -0.39 is 16.0 Å². The van der Waals surface area contributed by atoms with Gasteiger partial charge >= 0.3 is 5.97 Å². The fraction of sp³-hybridized carbons (Fsp3) is 0.200. The van der Waals surface area contributed by atoms with Gasteiger partial charge in [0.15, 0.2) is 0 Å². The Hall–Kier alpha value is -3.13. The molecule has 0 spiro atoms. The van der Waals surface area contributed by atoms with Crippen LogP contribution in [0.15, 0.2) is 61.2 Å². The zero-order valence-corrected chi connectivity index (χ0v) is 16.5. The van der Waals surface area contributed by atoms with Gasteiger partial charge < -0.3 is 10.1 Å². The smallest absolute Gasteiger partial charge is 0.338 e. The Morgan fingerprint density at radius 1 is 1.07 bits per heavy atom. The van der Waals surface area contributed by atoms with Crippen molar-refractivity contribution < 1.29 is 22.7 Å². The Balaban J connectivity index is 2.10.